The van der Waals surface area contributed by atoms with Crippen molar-refractivity contribution in [2.75, 3.05) is 27.3 Å². The van der Waals surface area contributed by atoms with Crippen LogP contribution in [0.15, 0.2) is 34.3 Å². The number of amides is 2. The van der Waals surface area contributed by atoms with Crippen molar-refractivity contribution >= 4 is 35.6 Å². The molecule has 2 aromatic rings. The Balaban J connectivity index is 1.23. The number of benzene rings is 2. The van der Waals surface area contributed by atoms with Crippen molar-refractivity contribution < 1.29 is 28.5 Å². The Kier molecular flexibility index (Phi) is 7.34. The van der Waals surface area contributed by atoms with Crippen LogP contribution in [0.1, 0.15) is 80.5 Å². The Morgan fingerprint density at radius 3 is 1.51 bits per heavy atom. The molecule has 2 atom stereocenters. The van der Waals surface area contributed by atoms with Crippen LogP contribution in [0.25, 0.3) is 0 Å². The monoisotopic (exact) mass is 588 g/mol. The molecule has 0 radical (unpaired) electrons. The van der Waals surface area contributed by atoms with Gasteiger partial charge in [0, 0.05) is 44.1 Å². The first-order valence-electron chi connectivity index (χ1n) is 15.0. The fourth-order valence-corrected chi connectivity index (χ4v) is 6.87. The van der Waals surface area contributed by atoms with Gasteiger partial charge < -0.3 is 28.7 Å². The lowest BCUT2D eigenvalue weighted by Crippen LogP contribution is -2.41. The number of nitrogens with zero attached hydrogens (tertiary/aromatic N) is 4. The zero-order valence-corrected chi connectivity index (χ0v) is 25.8. The van der Waals surface area contributed by atoms with E-state index in [2.05, 4.69) is 9.98 Å². The third kappa shape index (κ3) is 5.55. The largest absolute Gasteiger partial charge is 0.493 e. The summed E-state index contributed by atoms with van der Waals surface area (Å²) in [4.78, 5) is 39.6. The molecule has 43 heavy (non-hydrogen) atoms. The second-order valence-electron chi connectivity index (χ2n) is 12.9. The Bertz CT molecular complexity index is 1400. The van der Waals surface area contributed by atoms with E-state index >= 15 is 0 Å². The van der Waals surface area contributed by atoms with Gasteiger partial charge in [-0.3, -0.25) is 19.6 Å². The molecule has 0 N–H and O–H groups in total. The molecule has 2 amide bonds. The van der Waals surface area contributed by atoms with E-state index in [0.717, 1.165) is 38.8 Å². The van der Waals surface area contributed by atoms with Crippen LogP contribution in [-0.2, 0) is 0 Å². The number of fused-ring (bicyclic) bond motifs is 4. The van der Waals surface area contributed by atoms with Crippen molar-refractivity contribution in [2.24, 2.45) is 9.98 Å². The number of rotatable bonds is 8. The van der Waals surface area contributed by atoms with E-state index in [1.807, 2.05) is 49.9 Å². The smallest absolute Gasteiger partial charge is 0.256 e. The highest BCUT2D eigenvalue weighted by molar-refractivity contribution is 6.04. The number of carbonyl (C=O) groups is 2. The molecule has 10 heteroatoms. The van der Waals surface area contributed by atoms with E-state index < -0.39 is 11.2 Å². The highest BCUT2D eigenvalue weighted by Crippen LogP contribution is 2.43. The minimum Gasteiger partial charge on any atom is -0.493 e. The summed E-state index contributed by atoms with van der Waals surface area (Å²) in [6.07, 6.45) is 8.00. The third-order valence-electron chi connectivity index (χ3n) is 8.54. The van der Waals surface area contributed by atoms with E-state index in [9.17, 15) is 9.59 Å². The maximum atomic E-state index is 13.3. The zero-order chi connectivity index (χ0) is 30.5. The first-order valence-corrected chi connectivity index (χ1v) is 15.0. The number of carbonyl (C=O) groups excluding carboxylic acids is 2. The van der Waals surface area contributed by atoms with Crippen molar-refractivity contribution in [2.45, 2.75) is 83.1 Å². The molecule has 0 saturated carbocycles. The fraction of sp³-hybridized carbons (Fsp3) is 0.515. The molecule has 2 aromatic carbocycles. The van der Waals surface area contributed by atoms with Crippen molar-refractivity contribution in [3.8, 4) is 23.0 Å². The molecular weight excluding hydrogens is 548 g/mol. The first kappa shape index (κ1) is 29.0. The van der Waals surface area contributed by atoms with Crippen molar-refractivity contribution in [1.29, 1.82) is 0 Å². The van der Waals surface area contributed by atoms with E-state index in [1.54, 1.807) is 38.5 Å². The number of hydrogen-bond donors (Lipinski definition) is 0. The van der Waals surface area contributed by atoms with Crippen LogP contribution in [0, 0.1) is 0 Å². The van der Waals surface area contributed by atoms with Crippen molar-refractivity contribution in [1.82, 2.24) is 9.80 Å². The van der Waals surface area contributed by atoms with Crippen LogP contribution in [0.3, 0.4) is 0 Å². The minimum absolute atomic E-state index is 0.0237. The highest BCUT2D eigenvalue weighted by Gasteiger charge is 2.37. The summed E-state index contributed by atoms with van der Waals surface area (Å²) < 4.78 is 24.4. The molecule has 0 bridgehead atoms. The average molecular weight is 589 g/mol. The van der Waals surface area contributed by atoms with Gasteiger partial charge in [-0.25, -0.2) is 0 Å². The van der Waals surface area contributed by atoms with Crippen LogP contribution >= 0.6 is 0 Å². The lowest BCUT2D eigenvalue weighted by molar-refractivity contribution is 0.00268. The maximum Gasteiger partial charge on any atom is 0.256 e. The van der Waals surface area contributed by atoms with Gasteiger partial charge in [-0.05, 0) is 65.5 Å². The third-order valence-corrected chi connectivity index (χ3v) is 8.54. The first-order chi connectivity index (χ1) is 20.5. The van der Waals surface area contributed by atoms with Gasteiger partial charge in [0.1, 0.15) is 11.2 Å². The second kappa shape index (κ2) is 10.9. The molecule has 10 nitrogen and oxygen atoms in total. The molecule has 2 fully saturated rings. The van der Waals surface area contributed by atoms with Gasteiger partial charge in [0.25, 0.3) is 11.8 Å². The number of methoxy groups -OCH3 is 2. The second-order valence-corrected chi connectivity index (χ2v) is 12.9. The van der Waals surface area contributed by atoms with Crippen LogP contribution in [0.2, 0.25) is 0 Å². The summed E-state index contributed by atoms with van der Waals surface area (Å²) in [7, 11) is 3.14. The predicted octanol–water partition coefficient (Wildman–Crippen LogP) is 5.75. The standard InChI is InChI=1S/C33H40N4O6/c1-32(2,42-28-15-24-22(13-26(28)40-5)30(38)36-11-7-9-20(36)17-34-24)19-33(3,4)43-29-16-25-23(14-27(29)41-6)31(39)37-12-8-10-21(37)18-35-25/h13-18,20-21H,7-12,19H2,1-6H3. The van der Waals surface area contributed by atoms with Gasteiger partial charge >= 0.3 is 0 Å². The molecule has 6 rings (SSSR count). The van der Waals surface area contributed by atoms with Crippen molar-refractivity contribution in [3.05, 3.63) is 35.4 Å². The van der Waals surface area contributed by atoms with Gasteiger partial charge in [-0.2, -0.15) is 0 Å². The predicted molar refractivity (Wildman–Crippen MR) is 164 cm³/mol. The molecule has 4 aliphatic rings. The molecule has 4 aliphatic heterocycles. The number of aliphatic imine (C=N–C) groups is 2. The molecule has 4 heterocycles. The summed E-state index contributed by atoms with van der Waals surface area (Å²) in [6.45, 7) is 9.40. The lowest BCUT2D eigenvalue weighted by Gasteiger charge is -2.36. The summed E-state index contributed by atoms with van der Waals surface area (Å²) in [5.41, 5.74) is 0.771. The van der Waals surface area contributed by atoms with Crippen molar-refractivity contribution in [3.63, 3.8) is 0 Å². The summed E-state index contributed by atoms with van der Waals surface area (Å²) in [5.74, 6) is 1.89. The van der Waals surface area contributed by atoms with Gasteiger partial charge in [-0.1, -0.05) is 0 Å². The molecular formula is C33H40N4O6. The Labute approximate surface area is 252 Å². The zero-order valence-electron chi connectivity index (χ0n) is 25.8. The van der Waals surface area contributed by atoms with E-state index in [0.29, 0.717) is 51.9 Å². The fourth-order valence-electron chi connectivity index (χ4n) is 6.87. The molecule has 2 unspecified atom stereocenters. The maximum absolute atomic E-state index is 13.3. The average Bonchev–Trinajstić information content (AvgIpc) is 3.58. The van der Waals surface area contributed by atoms with Crippen LogP contribution in [0.5, 0.6) is 23.0 Å². The van der Waals surface area contributed by atoms with Crippen LogP contribution in [0.4, 0.5) is 11.4 Å². The quantitative estimate of drug-likeness (QED) is 0.389. The SMILES string of the molecule is COc1cc2c(cc1OC(C)(C)CC(C)(C)Oc1cc3c(cc1OC)C(=O)N1CCCC1C=N3)N=CC1CCCN1C2=O. The van der Waals surface area contributed by atoms with Gasteiger partial charge in [0.2, 0.25) is 0 Å². The highest BCUT2D eigenvalue weighted by atomic mass is 16.5. The van der Waals surface area contributed by atoms with Crippen LogP contribution in [-0.4, -0.2) is 84.6 Å². The van der Waals surface area contributed by atoms with E-state index in [4.69, 9.17) is 18.9 Å². The Morgan fingerprint density at radius 2 is 1.12 bits per heavy atom. The van der Waals surface area contributed by atoms with Crippen LogP contribution < -0.4 is 18.9 Å². The molecule has 0 aromatic heterocycles. The molecule has 228 valence electrons. The topological polar surface area (TPSA) is 102 Å². The number of ether oxygens (including phenoxy) is 4. The van der Waals surface area contributed by atoms with Gasteiger partial charge in [-0.15, -0.1) is 0 Å². The molecule has 0 spiro atoms. The summed E-state index contributed by atoms with van der Waals surface area (Å²) in [5, 5.41) is 0. The molecule has 0 aliphatic carbocycles. The van der Waals surface area contributed by atoms with E-state index in [1.165, 1.54) is 0 Å². The van der Waals surface area contributed by atoms with Gasteiger partial charge in [0.15, 0.2) is 23.0 Å². The number of hydrogen-bond acceptors (Lipinski definition) is 8. The van der Waals surface area contributed by atoms with E-state index in [-0.39, 0.29) is 23.9 Å². The summed E-state index contributed by atoms with van der Waals surface area (Å²) in [6, 6.07) is 7.09. The lowest BCUT2D eigenvalue weighted by atomic mass is 9.91. The molecule has 2 saturated heterocycles. The normalized spacial score (nSPS) is 21.1. The summed E-state index contributed by atoms with van der Waals surface area (Å²) >= 11 is 0. The Morgan fingerprint density at radius 1 is 0.698 bits per heavy atom. The Hall–Kier alpha value is -4.08. The van der Waals surface area contributed by atoms with Gasteiger partial charge in [0.05, 0.1) is 48.8 Å². The minimum atomic E-state index is -0.707.